The molecule has 0 unspecified atom stereocenters. The van der Waals surface area contributed by atoms with Crippen LogP contribution in [0.15, 0.2) is 36.4 Å². The molecule has 3 N–H and O–H groups in total. The average Bonchev–Trinajstić information content (AvgIpc) is 2.82. The normalized spacial score (nSPS) is 10.7. The van der Waals surface area contributed by atoms with Gasteiger partial charge in [-0.15, -0.1) is 0 Å². The number of likely N-dealkylation sites (N-methyl/N-ethyl adjacent to an activating group) is 1. The predicted octanol–water partition coefficient (Wildman–Crippen LogP) is 3.15. The number of carboxylic acids is 1. The summed E-state index contributed by atoms with van der Waals surface area (Å²) in [6, 6.07) is 7.20. The molecule has 0 aromatic heterocycles. The smallest absolute Gasteiger partial charge is 0.337 e. The topological polar surface area (TPSA) is 135 Å². The second-order valence-corrected chi connectivity index (χ2v) is 7.14. The summed E-state index contributed by atoms with van der Waals surface area (Å²) in [7, 11) is 4.23. The average molecular weight is 472 g/mol. The van der Waals surface area contributed by atoms with Crippen LogP contribution in [0.3, 0.4) is 0 Å². The molecular weight excluding hydrogens is 444 g/mol. The number of hydrogen-bond acceptors (Lipinski definition) is 7. The molecule has 0 saturated heterocycles. The number of aromatic hydroxyl groups is 1. The lowest BCUT2D eigenvalue weighted by molar-refractivity contribution is -0.122. The molecule has 0 radical (unpaired) electrons. The Kier molecular flexibility index (Phi) is 9.45. The van der Waals surface area contributed by atoms with E-state index in [1.165, 1.54) is 68.7 Å². The first-order chi connectivity index (χ1) is 16.2. The van der Waals surface area contributed by atoms with Crippen molar-refractivity contribution in [1.82, 2.24) is 0 Å². The third kappa shape index (κ3) is 6.72. The van der Waals surface area contributed by atoms with Crippen LogP contribution in [0.25, 0.3) is 6.08 Å². The summed E-state index contributed by atoms with van der Waals surface area (Å²) in [5.41, 5.74) is 0.862. The van der Waals surface area contributed by atoms with Crippen LogP contribution in [0.2, 0.25) is 0 Å². The molecule has 0 aliphatic rings. The van der Waals surface area contributed by atoms with Gasteiger partial charge in [-0.3, -0.25) is 9.59 Å². The summed E-state index contributed by atoms with van der Waals surface area (Å²) in [5, 5.41) is 22.1. The van der Waals surface area contributed by atoms with Crippen LogP contribution in [0, 0.1) is 0 Å². The number of carbonyl (C=O) groups is 3. The number of phenolic OH excluding ortho intramolecular Hbond substituents is 1. The number of carboxylic acid groups (broad SMARTS) is 1. The van der Waals surface area contributed by atoms with E-state index in [1.54, 1.807) is 0 Å². The summed E-state index contributed by atoms with van der Waals surface area (Å²) < 4.78 is 15.4. The Labute approximate surface area is 197 Å². The molecule has 0 saturated carbocycles. The number of benzene rings is 2. The van der Waals surface area contributed by atoms with E-state index in [0.717, 1.165) is 6.42 Å². The van der Waals surface area contributed by atoms with Crippen molar-refractivity contribution < 1.29 is 38.8 Å². The van der Waals surface area contributed by atoms with Crippen molar-refractivity contribution in [1.29, 1.82) is 0 Å². The fourth-order valence-electron chi connectivity index (χ4n) is 2.97. The maximum Gasteiger partial charge on any atom is 0.337 e. The molecular formula is C24H28N2O8. The number of nitrogens with one attached hydrogen (secondary N) is 1. The molecule has 34 heavy (non-hydrogen) atoms. The van der Waals surface area contributed by atoms with Crippen LogP contribution in [-0.4, -0.2) is 62.5 Å². The fourth-order valence-corrected chi connectivity index (χ4v) is 2.97. The van der Waals surface area contributed by atoms with Crippen LogP contribution in [0.4, 0.5) is 11.4 Å². The third-order valence-electron chi connectivity index (χ3n) is 4.73. The van der Waals surface area contributed by atoms with Crippen molar-refractivity contribution in [3.8, 4) is 17.2 Å². The van der Waals surface area contributed by atoms with Gasteiger partial charge >= 0.3 is 5.97 Å². The highest BCUT2D eigenvalue weighted by atomic mass is 16.5. The van der Waals surface area contributed by atoms with Crippen molar-refractivity contribution >= 4 is 35.2 Å². The zero-order valence-corrected chi connectivity index (χ0v) is 19.5. The molecule has 0 atom stereocenters. The Hall–Kier alpha value is -4.05. The van der Waals surface area contributed by atoms with Gasteiger partial charge in [-0.1, -0.05) is 6.92 Å². The number of methoxy groups -OCH3 is 2. The Morgan fingerprint density at radius 3 is 2.29 bits per heavy atom. The van der Waals surface area contributed by atoms with Gasteiger partial charge in [0.15, 0.2) is 11.5 Å². The van der Waals surface area contributed by atoms with Gasteiger partial charge in [-0.25, -0.2) is 4.79 Å². The summed E-state index contributed by atoms with van der Waals surface area (Å²) in [5.74, 6) is -1.92. The Morgan fingerprint density at radius 2 is 1.74 bits per heavy atom. The van der Waals surface area contributed by atoms with Gasteiger partial charge in [-0.2, -0.15) is 0 Å². The minimum absolute atomic E-state index is 0.0943. The van der Waals surface area contributed by atoms with E-state index in [1.807, 2.05) is 6.92 Å². The highest BCUT2D eigenvalue weighted by molar-refractivity contribution is 6.05. The first kappa shape index (κ1) is 26.2. The number of rotatable bonds is 11. The zero-order chi connectivity index (χ0) is 25.3. The fraction of sp³-hybridized carbons (Fsp3) is 0.292. The van der Waals surface area contributed by atoms with Crippen LogP contribution < -0.4 is 19.7 Å². The van der Waals surface area contributed by atoms with Crippen LogP contribution in [0.1, 0.15) is 29.3 Å². The first-order valence-corrected chi connectivity index (χ1v) is 10.4. The molecule has 2 aromatic carbocycles. The van der Waals surface area contributed by atoms with Crippen molar-refractivity contribution in [3.05, 3.63) is 47.5 Å². The molecule has 0 heterocycles. The quantitative estimate of drug-likeness (QED) is 0.335. The number of carbonyl (C=O) groups excluding carboxylic acids is 2. The van der Waals surface area contributed by atoms with Gasteiger partial charge in [0.25, 0.3) is 5.91 Å². The molecule has 0 aliphatic carbocycles. The molecule has 2 aromatic rings. The highest BCUT2D eigenvalue weighted by Crippen LogP contribution is 2.37. The van der Waals surface area contributed by atoms with Crippen LogP contribution in [-0.2, 0) is 14.3 Å². The lowest BCUT2D eigenvalue weighted by Crippen LogP contribution is -2.31. The number of ether oxygens (including phenoxy) is 3. The Bertz CT molecular complexity index is 1060. The number of amides is 2. The van der Waals surface area contributed by atoms with Gasteiger partial charge < -0.3 is 34.6 Å². The van der Waals surface area contributed by atoms with E-state index in [9.17, 15) is 24.6 Å². The van der Waals surface area contributed by atoms with Crippen LogP contribution >= 0.6 is 0 Å². The Morgan fingerprint density at radius 1 is 1.09 bits per heavy atom. The minimum Gasteiger partial charge on any atom is -0.502 e. The second-order valence-electron chi connectivity index (χ2n) is 7.14. The zero-order valence-electron chi connectivity index (χ0n) is 19.5. The SMILES string of the molecule is CCCOCC(=O)N(C)c1cc(NC(=O)/C=C/c2cc(OC)c(O)c(OC)c2)ccc1C(=O)O. The van der Waals surface area contributed by atoms with Gasteiger partial charge in [-0.05, 0) is 48.4 Å². The van der Waals surface area contributed by atoms with E-state index in [2.05, 4.69) is 5.32 Å². The van der Waals surface area contributed by atoms with Crippen molar-refractivity contribution in [2.75, 3.05) is 44.7 Å². The van der Waals surface area contributed by atoms with E-state index < -0.39 is 17.8 Å². The van der Waals surface area contributed by atoms with E-state index >= 15 is 0 Å². The molecule has 0 spiro atoms. The monoisotopic (exact) mass is 472 g/mol. The number of anilines is 2. The molecule has 10 nitrogen and oxygen atoms in total. The maximum atomic E-state index is 12.4. The summed E-state index contributed by atoms with van der Waals surface area (Å²) in [6.45, 7) is 2.13. The van der Waals surface area contributed by atoms with E-state index in [-0.39, 0.29) is 35.1 Å². The van der Waals surface area contributed by atoms with E-state index in [4.69, 9.17) is 14.2 Å². The number of nitrogens with zero attached hydrogens (tertiary/aromatic N) is 1. The molecule has 10 heteroatoms. The third-order valence-corrected chi connectivity index (χ3v) is 4.73. The molecule has 0 bridgehead atoms. The van der Waals surface area contributed by atoms with Crippen molar-refractivity contribution in [2.45, 2.75) is 13.3 Å². The summed E-state index contributed by atoms with van der Waals surface area (Å²) >= 11 is 0. The second kappa shape index (κ2) is 12.3. The van der Waals surface area contributed by atoms with Crippen molar-refractivity contribution in [3.63, 3.8) is 0 Å². The minimum atomic E-state index is -1.21. The number of aromatic carboxylic acids is 1. The van der Waals surface area contributed by atoms with E-state index in [0.29, 0.717) is 17.9 Å². The lowest BCUT2D eigenvalue weighted by Gasteiger charge is -2.20. The first-order valence-electron chi connectivity index (χ1n) is 10.4. The molecule has 2 amide bonds. The summed E-state index contributed by atoms with van der Waals surface area (Å²) in [6.07, 6.45) is 3.49. The summed E-state index contributed by atoms with van der Waals surface area (Å²) in [4.78, 5) is 37.6. The molecule has 2 rings (SSSR count). The van der Waals surface area contributed by atoms with Crippen LogP contribution in [0.5, 0.6) is 17.2 Å². The maximum absolute atomic E-state index is 12.4. The van der Waals surface area contributed by atoms with Gasteiger partial charge in [0.05, 0.1) is 25.5 Å². The highest BCUT2D eigenvalue weighted by Gasteiger charge is 2.19. The molecule has 182 valence electrons. The van der Waals surface area contributed by atoms with Gasteiger partial charge in [0.2, 0.25) is 11.7 Å². The van der Waals surface area contributed by atoms with Gasteiger partial charge in [0.1, 0.15) is 6.61 Å². The molecule has 0 fully saturated rings. The Balaban J connectivity index is 2.22. The number of hydrogen-bond donors (Lipinski definition) is 3. The largest absolute Gasteiger partial charge is 0.502 e. The standard InChI is InChI=1S/C24H28N2O8/c1-5-10-34-14-22(28)26(2)18-13-16(7-8-17(18)24(30)31)25-21(27)9-6-15-11-19(32-3)23(29)20(12-15)33-4/h6-9,11-13,29H,5,10,14H2,1-4H3,(H,25,27)(H,30,31)/b9-6+. The van der Waals surface area contributed by atoms with Gasteiger partial charge in [0, 0.05) is 25.4 Å². The molecule has 0 aliphatic heterocycles. The number of phenols is 1. The lowest BCUT2D eigenvalue weighted by atomic mass is 10.1. The predicted molar refractivity (Wildman–Crippen MR) is 127 cm³/mol. The van der Waals surface area contributed by atoms with Crippen molar-refractivity contribution in [2.24, 2.45) is 0 Å².